The van der Waals surface area contributed by atoms with Crippen molar-refractivity contribution in [1.82, 2.24) is 19.4 Å². The number of thiophene rings is 1. The smallest absolute Gasteiger partial charge is 0.348 e. The van der Waals surface area contributed by atoms with Crippen molar-refractivity contribution in [2.75, 3.05) is 32.8 Å². The molecule has 0 unspecified atom stereocenters. The van der Waals surface area contributed by atoms with Crippen LogP contribution in [0.5, 0.6) is 0 Å². The van der Waals surface area contributed by atoms with Crippen molar-refractivity contribution in [2.24, 2.45) is 0 Å². The summed E-state index contributed by atoms with van der Waals surface area (Å²) in [5.41, 5.74) is 2.76. The van der Waals surface area contributed by atoms with Gasteiger partial charge in [0.05, 0.1) is 18.3 Å². The molecule has 0 atom stereocenters. The Morgan fingerprint density at radius 1 is 1.15 bits per heavy atom. The van der Waals surface area contributed by atoms with Crippen molar-refractivity contribution in [3.63, 3.8) is 0 Å². The number of rotatable bonds is 6. The van der Waals surface area contributed by atoms with Crippen LogP contribution in [0.1, 0.15) is 33.3 Å². The Hall–Kier alpha value is -3.04. The second-order valence-electron chi connectivity index (χ2n) is 8.28. The first kappa shape index (κ1) is 23.1. The van der Waals surface area contributed by atoms with Crippen LogP contribution in [0.3, 0.4) is 0 Å². The van der Waals surface area contributed by atoms with Crippen LogP contribution in [-0.2, 0) is 22.6 Å². The first-order chi connectivity index (χ1) is 15.9. The van der Waals surface area contributed by atoms with Crippen molar-refractivity contribution in [3.8, 4) is 0 Å². The molecule has 3 heterocycles. The van der Waals surface area contributed by atoms with Gasteiger partial charge in [0.1, 0.15) is 16.3 Å². The van der Waals surface area contributed by atoms with E-state index in [-0.39, 0.29) is 24.6 Å². The molecule has 1 aromatic carbocycles. The highest BCUT2D eigenvalue weighted by molar-refractivity contribution is 7.20. The number of hydrogen-bond donors (Lipinski definition) is 0. The molecular formula is C24H28N4O4S. The topological polar surface area (TPSA) is 84.7 Å². The molecule has 33 heavy (non-hydrogen) atoms. The highest BCUT2D eigenvalue weighted by Crippen LogP contribution is 2.27. The van der Waals surface area contributed by atoms with E-state index in [0.29, 0.717) is 33.7 Å². The number of hydrogen-bond acceptors (Lipinski definition) is 7. The molecule has 1 aliphatic heterocycles. The zero-order valence-corrected chi connectivity index (χ0v) is 20.0. The summed E-state index contributed by atoms with van der Waals surface area (Å²) in [6, 6.07) is 8.47. The van der Waals surface area contributed by atoms with Crippen LogP contribution in [0.2, 0.25) is 0 Å². The Kier molecular flexibility index (Phi) is 6.90. The molecule has 9 heteroatoms. The number of benzene rings is 1. The van der Waals surface area contributed by atoms with Crippen LogP contribution < -0.4 is 5.56 Å². The normalized spacial score (nSPS) is 14.6. The first-order valence-electron chi connectivity index (χ1n) is 11.1. The Morgan fingerprint density at radius 3 is 2.61 bits per heavy atom. The molecule has 8 nitrogen and oxygen atoms in total. The third-order valence-corrected chi connectivity index (χ3v) is 7.08. The predicted molar refractivity (Wildman–Crippen MR) is 128 cm³/mol. The van der Waals surface area contributed by atoms with E-state index < -0.39 is 5.97 Å². The molecular weight excluding hydrogens is 440 g/mol. The van der Waals surface area contributed by atoms with Crippen molar-refractivity contribution >= 4 is 33.4 Å². The molecule has 1 saturated heterocycles. The molecule has 4 rings (SSSR count). The number of carbonyl (C=O) groups is 2. The first-order valence-corrected chi connectivity index (χ1v) is 11.9. The minimum atomic E-state index is -0.455. The van der Waals surface area contributed by atoms with E-state index in [1.54, 1.807) is 18.7 Å². The fourth-order valence-corrected chi connectivity index (χ4v) is 5.17. The molecule has 2 aromatic heterocycles. The van der Waals surface area contributed by atoms with Gasteiger partial charge in [0.15, 0.2) is 0 Å². The molecule has 1 amide bonds. The second kappa shape index (κ2) is 9.84. The van der Waals surface area contributed by atoms with Crippen molar-refractivity contribution in [3.05, 3.63) is 62.5 Å². The zero-order valence-electron chi connectivity index (χ0n) is 19.2. The average Bonchev–Trinajstić information content (AvgIpc) is 3.13. The van der Waals surface area contributed by atoms with Gasteiger partial charge < -0.3 is 9.64 Å². The molecule has 0 aliphatic carbocycles. The molecule has 1 aliphatic rings. The summed E-state index contributed by atoms with van der Waals surface area (Å²) in [4.78, 5) is 47.4. The van der Waals surface area contributed by atoms with E-state index in [0.717, 1.165) is 31.0 Å². The van der Waals surface area contributed by atoms with E-state index >= 15 is 0 Å². The molecule has 174 valence electrons. The summed E-state index contributed by atoms with van der Waals surface area (Å²) in [6.45, 7) is 9.43. The molecule has 1 fully saturated rings. The van der Waals surface area contributed by atoms with Gasteiger partial charge in [-0.15, -0.1) is 11.3 Å². The highest BCUT2D eigenvalue weighted by Gasteiger charge is 2.24. The lowest BCUT2D eigenvalue weighted by Crippen LogP contribution is -2.49. The summed E-state index contributed by atoms with van der Waals surface area (Å²) in [5.74, 6) is -0.560. The van der Waals surface area contributed by atoms with Gasteiger partial charge in [-0.2, -0.15) is 0 Å². The lowest BCUT2D eigenvalue weighted by atomic mass is 10.1. The van der Waals surface area contributed by atoms with Gasteiger partial charge in [-0.25, -0.2) is 9.78 Å². The Morgan fingerprint density at radius 2 is 1.91 bits per heavy atom. The van der Waals surface area contributed by atoms with Crippen LogP contribution in [0, 0.1) is 13.8 Å². The van der Waals surface area contributed by atoms with Crippen molar-refractivity contribution < 1.29 is 14.3 Å². The number of carbonyl (C=O) groups excluding carboxylic acids is 2. The Labute approximate surface area is 196 Å². The molecule has 3 aromatic rings. The molecule has 0 N–H and O–H groups in total. The van der Waals surface area contributed by atoms with Crippen molar-refractivity contribution in [2.45, 2.75) is 33.9 Å². The van der Waals surface area contributed by atoms with E-state index in [2.05, 4.69) is 41.1 Å². The van der Waals surface area contributed by atoms with Crippen LogP contribution >= 0.6 is 11.3 Å². The van der Waals surface area contributed by atoms with Crippen LogP contribution in [0.15, 0.2) is 35.4 Å². The fraction of sp³-hybridized carbons (Fsp3) is 0.417. The summed E-state index contributed by atoms with van der Waals surface area (Å²) >= 11 is 1.14. The van der Waals surface area contributed by atoms with Crippen LogP contribution in [0.4, 0.5) is 0 Å². The second-order valence-corrected chi connectivity index (χ2v) is 9.28. The summed E-state index contributed by atoms with van der Waals surface area (Å²) in [7, 11) is 0. The molecule has 0 spiro atoms. The Bertz CT molecular complexity index is 1240. The minimum absolute atomic E-state index is 0.0658. The van der Waals surface area contributed by atoms with Gasteiger partial charge >= 0.3 is 5.97 Å². The standard InChI is InChI=1S/C24H28N4O4S/c1-4-32-24(31)21-17(3)20-22(33-21)25-15-28(23(20)30)14-19(29)27-10-8-26(9-11-27)13-18-7-5-6-16(2)12-18/h5-7,12,15H,4,8-11,13-14H2,1-3H3. The molecule has 0 saturated carbocycles. The maximum atomic E-state index is 13.0. The number of aromatic nitrogens is 2. The molecule has 0 radical (unpaired) electrons. The van der Waals surface area contributed by atoms with Gasteiger partial charge in [0, 0.05) is 32.7 Å². The van der Waals surface area contributed by atoms with Crippen LogP contribution in [0.25, 0.3) is 10.2 Å². The van der Waals surface area contributed by atoms with Gasteiger partial charge in [-0.05, 0) is 31.9 Å². The summed E-state index contributed by atoms with van der Waals surface area (Å²) < 4.78 is 6.41. The van der Waals surface area contributed by atoms with Crippen molar-refractivity contribution in [1.29, 1.82) is 0 Å². The highest BCUT2D eigenvalue weighted by atomic mass is 32.1. The number of fused-ring (bicyclic) bond motifs is 1. The summed E-state index contributed by atoms with van der Waals surface area (Å²) in [6.07, 6.45) is 1.39. The minimum Gasteiger partial charge on any atom is -0.462 e. The fourth-order valence-electron chi connectivity index (χ4n) is 4.13. The number of ether oxygens (including phenoxy) is 1. The quantitative estimate of drug-likeness (QED) is 0.517. The lowest BCUT2D eigenvalue weighted by Gasteiger charge is -2.34. The van der Waals surface area contributed by atoms with Gasteiger partial charge in [0.25, 0.3) is 5.56 Å². The zero-order chi connectivity index (χ0) is 23.5. The largest absolute Gasteiger partial charge is 0.462 e. The monoisotopic (exact) mass is 468 g/mol. The van der Waals surface area contributed by atoms with E-state index in [1.807, 2.05) is 0 Å². The SMILES string of the molecule is CCOC(=O)c1sc2ncn(CC(=O)N3CCN(Cc4cccc(C)c4)CC3)c(=O)c2c1C. The van der Waals surface area contributed by atoms with Gasteiger partial charge in [-0.3, -0.25) is 19.1 Å². The van der Waals surface area contributed by atoms with E-state index in [1.165, 1.54) is 22.0 Å². The number of piperazine rings is 1. The van der Waals surface area contributed by atoms with Crippen LogP contribution in [-0.4, -0.2) is 64.0 Å². The van der Waals surface area contributed by atoms with Gasteiger partial charge in [0.2, 0.25) is 5.91 Å². The third-order valence-electron chi connectivity index (χ3n) is 5.90. The number of esters is 1. The summed E-state index contributed by atoms with van der Waals surface area (Å²) in [5, 5.41) is 0.376. The lowest BCUT2D eigenvalue weighted by molar-refractivity contribution is -0.133. The predicted octanol–water partition coefficient (Wildman–Crippen LogP) is 2.60. The maximum Gasteiger partial charge on any atom is 0.348 e. The number of amides is 1. The molecule has 0 bridgehead atoms. The number of nitrogens with zero attached hydrogens (tertiary/aromatic N) is 4. The third kappa shape index (κ3) is 4.99. The number of aryl methyl sites for hydroxylation is 2. The van der Waals surface area contributed by atoms with Gasteiger partial charge in [-0.1, -0.05) is 29.8 Å². The average molecular weight is 469 g/mol. The maximum absolute atomic E-state index is 13.0. The van der Waals surface area contributed by atoms with E-state index in [9.17, 15) is 14.4 Å². The van der Waals surface area contributed by atoms with E-state index in [4.69, 9.17) is 4.74 Å². The Balaban J connectivity index is 1.42.